The average molecular weight is 451 g/mol. The zero-order chi connectivity index (χ0) is 22.0. The van der Waals surface area contributed by atoms with Crippen molar-refractivity contribution in [3.8, 4) is 11.4 Å². The summed E-state index contributed by atoms with van der Waals surface area (Å²) in [5.41, 5.74) is 2.59. The van der Waals surface area contributed by atoms with Gasteiger partial charge in [0.25, 0.3) is 5.56 Å². The number of hydrogen-bond acceptors (Lipinski definition) is 4. The van der Waals surface area contributed by atoms with Crippen molar-refractivity contribution in [2.75, 3.05) is 17.7 Å². The molecule has 0 spiro atoms. The fourth-order valence-corrected chi connectivity index (χ4v) is 3.75. The number of rotatable bonds is 4. The number of para-hydroxylation sites is 1. The highest BCUT2D eigenvalue weighted by molar-refractivity contribution is 7.80. The first-order valence-corrected chi connectivity index (χ1v) is 10.3. The zero-order valence-electron chi connectivity index (χ0n) is 16.8. The molecule has 0 fully saturated rings. The van der Waals surface area contributed by atoms with Gasteiger partial charge >= 0.3 is 0 Å². The minimum Gasteiger partial charge on any atom is -0.494 e. The standard InChI is InChI=1S/C23H19ClN4O2S/c1-14-25-19-9-4-3-8-18(19)22(29)28(14)20-11-10-17(13-21(20)30-2)27-23(31)26-16-7-5-6-15(24)12-16/h3-13H,1-2H3,(H2,26,27,31). The van der Waals surface area contributed by atoms with Crippen molar-refractivity contribution in [1.29, 1.82) is 0 Å². The molecule has 1 aromatic heterocycles. The van der Waals surface area contributed by atoms with Crippen LogP contribution < -0.4 is 20.9 Å². The second kappa shape index (κ2) is 8.75. The summed E-state index contributed by atoms with van der Waals surface area (Å²) in [6, 6.07) is 20.0. The van der Waals surface area contributed by atoms with Crippen molar-refractivity contribution in [3.63, 3.8) is 0 Å². The number of nitrogens with zero attached hydrogens (tertiary/aromatic N) is 2. The van der Waals surface area contributed by atoms with Gasteiger partial charge in [-0.25, -0.2) is 4.98 Å². The molecular formula is C23H19ClN4O2S. The Morgan fingerprint density at radius 1 is 1.03 bits per heavy atom. The third-order valence-corrected chi connectivity index (χ3v) is 5.14. The Labute approximate surface area is 189 Å². The highest BCUT2D eigenvalue weighted by atomic mass is 35.5. The van der Waals surface area contributed by atoms with Gasteiger partial charge in [0.2, 0.25) is 0 Å². The first-order chi connectivity index (χ1) is 15.0. The molecule has 1 heterocycles. The number of anilines is 2. The van der Waals surface area contributed by atoms with Crippen LogP contribution in [0.3, 0.4) is 0 Å². The van der Waals surface area contributed by atoms with Gasteiger partial charge in [-0.1, -0.05) is 29.8 Å². The minimum absolute atomic E-state index is 0.153. The SMILES string of the molecule is COc1cc(NC(=S)Nc2cccc(Cl)c2)ccc1-n1c(C)nc2ccccc2c1=O. The molecule has 4 rings (SSSR count). The van der Waals surface area contributed by atoms with Crippen LogP contribution in [0.25, 0.3) is 16.6 Å². The maximum Gasteiger partial charge on any atom is 0.266 e. The quantitative estimate of drug-likeness (QED) is 0.418. The van der Waals surface area contributed by atoms with Gasteiger partial charge in [-0.2, -0.15) is 0 Å². The second-order valence-electron chi connectivity index (χ2n) is 6.79. The molecule has 31 heavy (non-hydrogen) atoms. The number of nitrogens with one attached hydrogen (secondary N) is 2. The molecule has 0 bridgehead atoms. The van der Waals surface area contributed by atoms with Crippen LogP contribution in [0.5, 0.6) is 5.75 Å². The lowest BCUT2D eigenvalue weighted by Crippen LogP contribution is -2.23. The Bertz CT molecular complexity index is 1350. The van der Waals surface area contributed by atoms with Gasteiger partial charge in [-0.15, -0.1) is 0 Å². The van der Waals surface area contributed by atoms with E-state index in [4.69, 9.17) is 28.6 Å². The van der Waals surface area contributed by atoms with Gasteiger partial charge in [0, 0.05) is 22.5 Å². The third kappa shape index (κ3) is 4.38. The van der Waals surface area contributed by atoms with E-state index >= 15 is 0 Å². The van der Waals surface area contributed by atoms with Crippen molar-refractivity contribution < 1.29 is 4.74 Å². The van der Waals surface area contributed by atoms with Crippen LogP contribution in [-0.4, -0.2) is 21.8 Å². The molecule has 0 amide bonds. The highest BCUT2D eigenvalue weighted by Crippen LogP contribution is 2.27. The average Bonchev–Trinajstić information content (AvgIpc) is 2.74. The normalized spacial score (nSPS) is 10.7. The Kier molecular flexibility index (Phi) is 5.88. The number of aromatic nitrogens is 2. The Balaban J connectivity index is 1.66. The predicted octanol–water partition coefficient (Wildman–Crippen LogP) is 5.17. The Hall–Kier alpha value is -3.42. The summed E-state index contributed by atoms with van der Waals surface area (Å²) in [5.74, 6) is 1.08. The van der Waals surface area contributed by atoms with E-state index in [2.05, 4.69) is 15.6 Å². The molecule has 0 atom stereocenters. The van der Waals surface area contributed by atoms with E-state index in [0.29, 0.717) is 44.0 Å². The molecule has 0 aliphatic heterocycles. The van der Waals surface area contributed by atoms with Crippen LogP contribution in [0.1, 0.15) is 5.82 Å². The van der Waals surface area contributed by atoms with E-state index < -0.39 is 0 Å². The van der Waals surface area contributed by atoms with E-state index in [-0.39, 0.29) is 5.56 Å². The molecule has 156 valence electrons. The van der Waals surface area contributed by atoms with Gasteiger partial charge in [-0.05, 0) is 61.6 Å². The largest absolute Gasteiger partial charge is 0.494 e. The molecule has 0 aliphatic carbocycles. The maximum absolute atomic E-state index is 13.1. The summed E-state index contributed by atoms with van der Waals surface area (Å²) in [6.45, 7) is 1.80. The number of halogens is 1. The number of methoxy groups -OCH3 is 1. The van der Waals surface area contributed by atoms with Gasteiger partial charge in [0.15, 0.2) is 5.11 Å². The van der Waals surface area contributed by atoms with E-state index in [9.17, 15) is 4.79 Å². The molecule has 2 N–H and O–H groups in total. The summed E-state index contributed by atoms with van der Waals surface area (Å²) in [7, 11) is 1.56. The van der Waals surface area contributed by atoms with E-state index in [1.54, 1.807) is 48.9 Å². The van der Waals surface area contributed by atoms with Crippen LogP contribution in [0.15, 0.2) is 71.5 Å². The molecule has 0 saturated carbocycles. The lowest BCUT2D eigenvalue weighted by Gasteiger charge is -2.16. The van der Waals surface area contributed by atoms with E-state index in [0.717, 1.165) is 5.69 Å². The molecule has 8 heteroatoms. The summed E-state index contributed by atoms with van der Waals surface area (Å²) in [6.07, 6.45) is 0. The smallest absolute Gasteiger partial charge is 0.266 e. The van der Waals surface area contributed by atoms with Crippen molar-refractivity contribution in [3.05, 3.63) is 87.9 Å². The predicted molar refractivity (Wildman–Crippen MR) is 130 cm³/mol. The fourth-order valence-electron chi connectivity index (χ4n) is 3.33. The summed E-state index contributed by atoms with van der Waals surface area (Å²) in [5, 5.41) is 7.76. The molecule has 6 nitrogen and oxygen atoms in total. The highest BCUT2D eigenvalue weighted by Gasteiger charge is 2.14. The van der Waals surface area contributed by atoms with Crippen molar-refractivity contribution in [2.45, 2.75) is 6.92 Å². The van der Waals surface area contributed by atoms with Crippen LogP contribution in [-0.2, 0) is 0 Å². The lowest BCUT2D eigenvalue weighted by molar-refractivity contribution is 0.412. The second-order valence-corrected chi connectivity index (χ2v) is 7.64. The van der Waals surface area contributed by atoms with Gasteiger partial charge < -0.3 is 15.4 Å². The number of hydrogen-bond donors (Lipinski definition) is 2. The van der Waals surface area contributed by atoms with Crippen molar-refractivity contribution in [1.82, 2.24) is 9.55 Å². The molecular weight excluding hydrogens is 432 g/mol. The summed E-state index contributed by atoms with van der Waals surface area (Å²) in [4.78, 5) is 17.7. The minimum atomic E-state index is -0.153. The number of fused-ring (bicyclic) bond motifs is 1. The van der Waals surface area contributed by atoms with Crippen LogP contribution in [0.4, 0.5) is 11.4 Å². The fraction of sp³-hybridized carbons (Fsp3) is 0.0870. The van der Waals surface area contributed by atoms with Crippen molar-refractivity contribution >= 4 is 51.2 Å². The maximum atomic E-state index is 13.1. The van der Waals surface area contributed by atoms with Crippen molar-refractivity contribution in [2.24, 2.45) is 0 Å². The molecule has 0 saturated heterocycles. The van der Waals surface area contributed by atoms with Crippen LogP contribution in [0.2, 0.25) is 5.02 Å². The van der Waals surface area contributed by atoms with Gasteiger partial charge in [-0.3, -0.25) is 9.36 Å². The Morgan fingerprint density at radius 3 is 2.52 bits per heavy atom. The third-order valence-electron chi connectivity index (χ3n) is 4.70. The number of benzene rings is 3. The summed E-state index contributed by atoms with van der Waals surface area (Å²) >= 11 is 11.4. The van der Waals surface area contributed by atoms with Gasteiger partial charge in [0.05, 0.1) is 23.7 Å². The molecule has 4 aromatic rings. The van der Waals surface area contributed by atoms with E-state index in [1.807, 2.05) is 36.4 Å². The van der Waals surface area contributed by atoms with Crippen LogP contribution >= 0.6 is 23.8 Å². The first kappa shape index (κ1) is 20.8. The summed E-state index contributed by atoms with van der Waals surface area (Å²) < 4.78 is 7.12. The zero-order valence-corrected chi connectivity index (χ0v) is 18.4. The van der Waals surface area contributed by atoms with Gasteiger partial charge in [0.1, 0.15) is 11.6 Å². The first-order valence-electron chi connectivity index (χ1n) is 9.46. The molecule has 0 aliphatic rings. The monoisotopic (exact) mass is 450 g/mol. The van der Waals surface area contributed by atoms with Crippen LogP contribution in [0, 0.1) is 6.92 Å². The number of aryl methyl sites for hydroxylation is 1. The lowest BCUT2D eigenvalue weighted by atomic mass is 10.2. The van der Waals surface area contributed by atoms with E-state index in [1.165, 1.54) is 0 Å². The topological polar surface area (TPSA) is 68.2 Å². The molecule has 0 radical (unpaired) electrons. The number of ether oxygens (including phenoxy) is 1. The number of thiocarbonyl (C=S) groups is 1. The molecule has 0 unspecified atom stereocenters. The molecule has 3 aromatic carbocycles. The Morgan fingerprint density at radius 2 is 1.77 bits per heavy atom.